The number of carbonyl (C=O) groups excluding carboxylic acids is 1. The second-order valence-corrected chi connectivity index (χ2v) is 7.00. The molecule has 1 fully saturated rings. The molecule has 6 heteroatoms. The van der Waals surface area contributed by atoms with Crippen LogP contribution in [-0.4, -0.2) is 31.9 Å². The Balaban J connectivity index is 1.90. The number of pyridine rings is 1. The molecule has 0 bridgehead atoms. The molecule has 1 amide bonds. The van der Waals surface area contributed by atoms with E-state index in [-0.39, 0.29) is 17.4 Å². The Morgan fingerprint density at radius 1 is 1.38 bits per heavy atom. The SMILES string of the molecule is Cn1ccnc1C1N(C(=O)c2ccc(Br)cn2)CC1(C)C. The van der Waals surface area contributed by atoms with E-state index in [4.69, 9.17) is 0 Å². The molecule has 0 spiro atoms. The maximum Gasteiger partial charge on any atom is 0.273 e. The third kappa shape index (κ3) is 2.37. The molecule has 1 atom stereocenters. The van der Waals surface area contributed by atoms with Crippen molar-refractivity contribution >= 4 is 21.8 Å². The summed E-state index contributed by atoms with van der Waals surface area (Å²) in [5.41, 5.74) is 0.484. The lowest BCUT2D eigenvalue weighted by atomic mass is 9.74. The summed E-state index contributed by atoms with van der Waals surface area (Å²) in [6, 6.07) is 3.56. The number of aromatic nitrogens is 3. The number of hydrogen-bond acceptors (Lipinski definition) is 3. The van der Waals surface area contributed by atoms with E-state index < -0.39 is 0 Å². The predicted octanol–water partition coefficient (Wildman–Crippen LogP) is 2.80. The first kappa shape index (κ1) is 14.3. The maximum atomic E-state index is 12.7. The highest BCUT2D eigenvalue weighted by Crippen LogP contribution is 2.48. The van der Waals surface area contributed by atoms with Crippen LogP contribution < -0.4 is 0 Å². The molecular weight excluding hydrogens is 332 g/mol. The molecule has 0 aliphatic carbocycles. The van der Waals surface area contributed by atoms with Crippen LogP contribution in [0.2, 0.25) is 0 Å². The van der Waals surface area contributed by atoms with Crippen LogP contribution in [0.4, 0.5) is 0 Å². The molecule has 1 aliphatic rings. The van der Waals surface area contributed by atoms with Crippen molar-refractivity contribution in [2.75, 3.05) is 6.54 Å². The van der Waals surface area contributed by atoms with Gasteiger partial charge in [0, 0.05) is 42.1 Å². The van der Waals surface area contributed by atoms with Crippen LogP contribution in [0.3, 0.4) is 0 Å². The van der Waals surface area contributed by atoms with Crippen LogP contribution in [0, 0.1) is 5.41 Å². The lowest BCUT2D eigenvalue weighted by Gasteiger charge is -2.53. The van der Waals surface area contributed by atoms with Gasteiger partial charge in [-0.1, -0.05) is 13.8 Å². The van der Waals surface area contributed by atoms with Gasteiger partial charge in [-0.2, -0.15) is 0 Å². The number of likely N-dealkylation sites (tertiary alicyclic amines) is 1. The number of hydrogen-bond donors (Lipinski definition) is 0. The van der Waals surface area contributed by atoms with Crippen LogP contribution in [0.15, 0.2) is 35.2 Å². The number of amides is 1. The van der Waals surface area contributed by atoms with E-state index in [2.05, 4.69) is 39.7 Å². The molecular formula is C15H17BrN4O. The van der Waals surface area contributed by atoms with Gasteiger partial charge in [0.2, 0.25) is 0 Å². The third-order valence-electron chi connectivity index (χ3n) is 3.94. The summed E-state index contributed by atoms with van der Waals surface area (Å²) >= 11 is 3.33. The molecule has 3 heterocycles. The molecule has 1 saturated heterocycles. The van der Waals surface area contributed by atoms with Gasteiger partial charge in [-0.05, 0) is 28.1 Å². The van der Waals surface area contributed by atoms with Crippen molar-refractivity contribution in [3.63, 3.8) is 0 Å². The lowest BCUT2D eigenvalue weighted by molar-refractivity contribution is -0.0378. The highest BCUT2D eigenvalue weighted by molar-refractivity contribution is 9.10. The molecule has 0 aromatic carbocycles. The normalized spacial score (nSPS) is 20.2. The first-order valence-corrected chi connectivity index (χ1v) is 7.59. The molecule has 0 N–H and O–H groups in total. The lowest BCUT2D eigenvalue weighted by Crippen LogP contribution is -2.58. The van der Waals surface area contributed by atoms with E-state index in [1.54, 1.807) is 18.5 Å². The van der Waals surface area contributed by atoms with E-state index in [1.807, 2.05) is 28.8 Å². The van der Waals surface area contributed by atoms with Crippen LogP contribution in [-0.2, 0) is 7.05 Å². The van der Waals surface area contributed by atoms with E-state index >= 15 is 0 Å². The standard InChI is InChI=1S/C15H17BrN4O/c1-15(2)9-20(12(15)13-17-6-7-19(13)3)14(21)11-5-4-10(16)8-18-11/h4-8,12H,9H2,1-3H3. The molecule has 0 saturated carbocycles. The van der Waals surface area contributed by atoms with Crippen molar-refractivity contribution in [1.29, 1.82) is 0 Å². The summed E-state index contributed by atoms with van der Waals surface area (Å²) in [6.07, 6.45) is 5.32. The summed E-state index contributed by atoms with van der Waals surface area (Å²) in [5, 5.41) is 0. The highest BCUT2D eigenvalue weighted by Gasteiger charge is 2.51. The molecule has 1 unspecified atom stereocenters. The number of aryl methyl sites for hydroxylation is 1. The fourth-order valence-corrected chi connectivity index (χ4v) is 3.13. The maximum absolute atomic E-state index is 12.7. The van der Waals surface area contributed by atoms with Crippen molar-refractivity contribution in [1.82, 2.24) is 19.4 Å². The zero-order valence-electron chi connectivity index (χ0n) is 12.2. The summed E-state index contributed by atoms with van der Waals surface area (Å²) in [5.74, 6) is 0.867. The van der Waals surface area contributed by atoms with Gasteiger partial charge in [0.15, 0.2) is 0 Å². The number of rotatable bonds is 2. The molecule has 110 valence electrons. The van der Waals surface area contributed by atoms with E-state index in [9.17, 15) is 4.79 Å². The van der Waals surface area contributed by atoms with Gasteiger partial charge in [-0.15, -0.1) is 0 Å². The van der Waals surface area contributed by atoms with E-state index in [0.717, 1.165) is 10.3 Å². The fourth-order valence-electron chi connectivity index (χ4n) is 2.89. The average molecular weight is 349 g/mol. The largest absolute Gasteiger partial charge is 0.336 e. The van der Waals surface area contributed by atoms with Crippen molar-refractivity contribution in [3.05, 3.63) is 46.7 Å². The summed E-state index contributed by atoms with van der Waals surface area (Å²) in [4.78, 5) is 23.1. The average Bonchev–Trinajstić information content (AvgIpc) is 2.82. The van der Waals surface area contributed by atoms with Crippen molar-refractivity contribution in [3.8, 4) is 0 Å². The minimum Gasteiger partial charge on any atom is -0.336 e. The molecule has 2 aromatic rings. The molecule has 3 rings (SSSR count). The van der Waals surface area contributed by atoms with Gasteiger partial charge in [-0.25, -0.2) is 9.97 Å². The van der Waals surface area contributed by atoms with Crippen molar-refractivity contribution in [2.24, 2.45) is 12.5 Å². The monoisotopic (exact) mass is 348 g/mol. The summed E-state index contributed by atoms with van der Waals surface area (Å²) in [7, 11) is 1.96. The number of nitrogens with zero attached hydrogens (tertiary/aromatic N) is 4. The Morgan fingerprint density at radius 2 is 2.14 bits per heavy atom. The second kappa shape index (κ2) is 4.94. The van der Waals surface area contributed by atoms with Crippen LogP contribution >= 0.6 is 15.9 Å². The van der Waals surface area contributed by atoms with Gasteiger partial charge in [0.25, 0.3) is 5.91 Å². The summed E-state index contributed by atoms with van der Waals surface area (Å²) in [6.45, 7) is 5.03. The molecule has 2 aromatic heterocycles. The number of imidazole rings is 1. The van der Waals surface area contributed by atoms with Gasteiger partial charge in [0.1, 0.15) is 11.5 Å². The molecule has 21 heavy (non-hydrogen) atoms. The highest BCUT2D eigenvalue weighted by atomic mass is 79.9. The molecule has 0 radical (unpaired) electrons. The molecule has 5 nitrogen and oxygen atoms in total. The van der Waals surface area contributed by atoms with Crippen LogP contribution in [0.1, 0.15) is 36.2 Å². The fraction of sp³-hybridized carbons (Fsp3) is 0.400. The van der Waals surface area contributed by atoms with Crippen LogP contribution in [0.5, 0.6) is 0 Å². The minimum atomic E-state index is -0.0465. The van der Waals surface area contributed by atoms with Crippen LogP contribution in [0.25, 0.3) is 0 Å². The van der Waals surface area contributed by atoms with Gasteiger partial charge >= 0.3 is 0 Å². The minimum absolute atomic E-state index is 0.0180. The Bertz CT molecular complexity index is 677. The second-order valence-electron chi connectivity index (χ2n) is 6.08. The Kier molecular flexibility index (Phi) is 3.36. The number of halogens is 1. The smallest absolute Gasteiger partial charge is 0.273 e. The first-order chi connectivity index (χ1) is 9.90. The zero-order valence-corrected chi connectivity index (χ0v) is 13.8. The predicted molar refractivity (Wildman–Crippen MR) is 82.7 cm³/mol. The van der Waals surface area contributed by atoms with Gasteiger partial charge in [-0.3, -0.25) is 4.79 Å². The topological polar surface area (TPSA) is 51.0 Å². The van der Waals surface area contributed by atoms with Gasteiger partial charge in [0.05, 0.1) is 6.04 Å². The summed E-state index contributed by atoms with van der Waals surface area (Å²) < 4.78 is 2.84. The Labute approximate surface area is 132 Å². The van der Waals surface area contributed by atoms with E-state index in [1.165, 1.54) is 0 Å². The Morgan fingerprint density at radius 3 is 2.67 bits per heavy atom. The quantitative estimate of drug-likeness (QED) is 0.838. The third-order valence-corrected chi connectivity index (χ3v) is 4.41. The van der Waals surface area contributed by atoms with Crippen molar-refractivity contribution in [2.45, 2.75) is 19.9 Å². The molecule has 1 aliphatic heterocycles. The van der Waals surface area contributed by atoms with Crippen molar-refractivity contribution < 1.29 is 4.79 Å². The van der Waals surface area contributed by atoms with E-state index in [0.29, 0.717) is 12.2 Å². The van der Waals surface area contributed by atoms with Gasteiger partial charge < -0.3 is 9.47 Å². The first-order valence-electron chi connectivity index (χ1n) is 6.80. The Hall–Kier alpha value is -1.69. The zero-order chi connectivity index (χ0) is 15.2. The number of carbonyl (C=O) groups is 1.